The van der Waals surface area contributed by atoms with E-state index in [1.807, 2.05) is 6.92 Å². The van der Waals surface area contributed by atoms with Gasteiger partial charge in [0, 0.05) is 18.9 Å². The fourth-order valence-electron chi connectivity index (χ4n) is 1.56. The van der Waals surface area contributed by atoms with E-state index >= 15 is 0 Å². The largest absolute Gasteiger partial charge is 0.481 e. The van der Waals surface area contributed by atoms with Crippen LogP contribution in [0.3, 0.4) is 0 Å². The summed E-state index contributed by atoms with van der Waals surface area (Å²) in [6.07, 6.45) is 1.58. The van der Waals surface area contributed by atoms with Crippen LogP contribution in [0, 0.1) is 5.92 Å². The van der Waals surface area contributed by atoms with E-state index in [4.69, 9.17) is 5.73 Å². The second-order valence-electron chi connectivity index (χ2n) is 4.05. The number of hydrogen-bond donors (Lipinski definition) is 2. The summed E-state index contributed by atoms with van der Waals surface area (Å²) in [5, 5.41) is 9.12. The molecule has 98 valence electrons. The number of nitrogens with two attached hydrogens (primary N) is 1. The monoisotopic (exact) mass is 268 g/mol. The first kappa shape index (κ1) is 14.5. The van der Waals surface area contributed by atoms with Crippen molar-refractivity contribution in [3.63, 3.8) is 0 Å². The Kier molecular flexibility index (Phi) is 5.15. The van der Waals surface area contributed by atoms with Crippen LogP contribution in [-0.2, 0) is 9.59 Å². The van der Waals surface area contributed by atoms with Crippen molar-refractivity contribution in [3.8, 4) is 0 Å². The third-order valence-electron chi connectivity index (χ3n) is 2.72. The van der Waals surface area contributed by atoms with Crippen molar-refractivity contribution in [2.24, 2.45) is 5.92 Å². The number of carboxylic acids is 1. The Morgan fingerprint density at radius 2 is 2.17 bits per heavy atom. The number of hydrogen-bond acceptors (Lipinski definition) is 5. The van der Waals surface area contributed by atoms with E-state index in [9.17, 15) is 14.7 Å². The van der Waals surface area contributed by atoms with E-state index in [0.717, 1.165) is 17.3 Å². The minimum atomic E-state index is -0.909. The molecule has 0 aliphatic carbocycles. The maximum atomic E-state index is 11.2. The standard InChI is InChI=1S/C12H16N2O3S/c1-7(9-3-4-11(13)14-5-9)10(12(16)17)6-18-8(2)15/h3-5,7,10H,6H2,1-2H3,(H2,13,14)(H,16,17). The first-order valence-electron chi connectivity index (χ1n) is 5.49. The molecule has 5 nitrogen and oxygen atoms in total. The maximum Gasteiger partial charge on any atom is 0.307 e. The van der Waals surface area contributed by atoms with E-state index in [1.165, 1.54) is 6.92 Å². The zero-order chi connectivity index (χ0) is 13.7. The van der Waals surface area contributed by atoms with Crippen LogP contribution in [0.2, 0.25) is 0 Å². The predicted molar refractivity (Wildman–Crippen MR) is 71.3 cm³/mol. The van der Waals surface area contributed by atoms with Gasteiger partial charge in [-0.3, -0.25) is 9.59 Å². The van der Waals surface area contributed by atoms with Crippen LogP contribution < -0.4 is 5.73 Å². The van der Waals surface area contributed by atoms with Crippen molar-refractivity contribution < 1.29 is 14.7 Å². The molecule has 0 aliphatic rings. The maximum absolute atomic E-state index is 11.2. The molecule has 0 saturated carbocycles. The number of thioether (sulfide) groups is 1. The molecule has 18 heavy (non-hydrogen) atoms. The lowest BCUT2D eigenvalue weighted by molar-refractivity contribution is -0.141. The van der Waals surface area contributed by atoms with Gasteiger partial charge in [0.25, 0.3) is 0 Å². The molecule has 0 radical (unpaired) electrons. The molecule has 0 aromatic carbocycles. The summed E-state index contributed by atoms with van der Waals surface area (Å²) in [7, 11) is 0. The molecule has 1 heterocycles. The lowest BCUT2D eigenvalue weighted by atomic mass is 9.90. The molecular formula is C12H16N2O3S. The Labute approximate surface area is 110 Å². The predicted octanol–water partition coefficient (Wildman–Crippen LogP) is 1.75. The van der Waals surface area contributed by atoms with E-state index in [1.54, 1.807) is 18.3 Å². The second-order valence-corrected chi connectivity index (χ2v) is 5.25. The van der Waals surface area contributed by atoms with E-state index < -0.39 is 11.9 Å². The molecular weight excluding hydrogens is 252 g/mol. The van der Waals surface area contributed by atoms with Crippen molar-refractivity contribution in [1.29, 1.82) is 0 Å². The molecule has 1 aromatic heterocycles. The molecule has 0 aliphatic heterocycles. The summed E-state index contributed by atoms with van der Waals surface area (Å²) in [5.74, 6) is -1.09. The number of aliphatic carboxylic acids is 1. The molecule has 1 rings (SSSR count). The molecule has 2 atom stereocenters. The third kappa shape index (κ3) is 4.03. The van der Waals surface area contributed by atoms with E-state index in [0.29, 0.717) is 5.82 Å². The van der Waals surface area contributed by atoms with Gasteiger partial charge in [-0.25, -0.2) is 4.98 Å². The van der Waals surface area contributed by atoms with Gasteiger partial charge in [-0.15, -0.1) is 0 Å². The van der Waals surface area contributed by atoms with Crippen LogP contribution in [0.1, 0.15) is 25.3 Å². The van der Waals surface area contributed by atoms with Gasteiger partial charge < -0.3 is 10.8 Å². The number of carbonyl (C=O) groups excluding carboxylic acids is 1. The number of anilines is 1. The van der Waals surface area contributed by atoms with E-state index in [2.05, 4.69) is 4.98 Å². The van der Waals surface area contributed by atoms with Gasteiger partial charge in [0.2, 0.25) is 0 Å². The molecule has 1 aromatic rings. The SMILES string of the molecule is CC(=O)SCC(C(=O)O)C(C)c1ccc(N)nc1. The van der Waals surface area contributed by atoms with Crippen molar-refractivity contribution >= 4 is 28.7 Å². The Hall–Kier alpha value is -1.56. The number of nitrogens with zero attached hydrogens (tertiary/aromatic N) is 1. The zero-order valence-corrected chi connectivity index (χ0v) is 11.1. The second kappa shape index (κ2) is 6.39. The van der Waals surface area contributed by atoms with Crippen LogP contribution in [0.25, 0.3) is 0 Å². The van der Waals surface area contributed by atoms with Crippen molar-refractivity contribution in [1.82, 2.24) is 4.98 Å². The quantitative estimate of drug-likeness (QED) is 0.845. The van der Waals surface area contributed by atoms with Crippen molar-refractivity contribution in [3.05, 3.63) is 23.9 Å². The molecule has 0 fully saturated rings. The summed E-state index contributed by atoms with van der Waals surface area (Å²) in [6.45, 7) is 3.24. The van der Waals surface area contributed by atoms with Crippen LogP contribution in [0.15, 0.2) is 18.3 Å². The highest BCUT2D eigenvalue weighted by atomic mass is 32.2. The number of pyridine rings is 1. The Balaban J connectivity index is 2.81. The normalized spacial score (nSPS) is 13.9. The Bertz CT molecular complexity index is 433. The van der Waals surface area contributed by atoms with Crippen LogP contribution in [0.5, 0.6) is 0 Å². The minimum absolute atomic E-state index is 0.0797. The van der Waals surface area contributed by atoms with E-state index in [-0.39, 0.29) is 16.8 Å². The lowest BCUT2D eigenvalue weighted by Gasteiger charge is -2.19. The Morgan fingerprint density at radius 1 is 1.50 bits per heavy atom. The minimum Gasteiger partial charge on any atom is -0.481 e. The van der Waals surface area contributed by atoms with Gasteiger partial charge in [0.1, 0.15) is 5.82 Å². The van der Waals surface area contributed by atoms with Gasteiger partial charge in [0.15, 0.2) is 5.12 Å². The van der Waals surface area contributed by atoms with Crippen LogP contribution in [-0.4, -0.2) is 26.9 Å². The number of carbonyl (C=O) groups is 2. The highest BCUT2D eigenvalue weighted by Gasteiger charge is 2.26. The van der Waals surface area contributed by atoms with Gasteiger partial charge in [-0.05, 0) is 17.5 Å². The topological polar surface area (TPSA) is 93.3 Å². The lowest BCUT2D eigenvalue weighted by Crippen LogP contribution is -2.23. The molecule has 0 bridgehead atoms. The molecule has 0 spiro atoms. The first-order chi connectivity index (χ1) is 8.41. The summed E-state index contributed by atoms with van der Waals surface area (Å²) < 4.78 is 0. The average Bonchev–Trinajstić information content (AvgIpc) is 2.29. The molecule has 3 N–H and O–H groups in total. The zero-order valence-electron chi connectivity index (χ0n) is 10.3. The van der Waals surface area contributed by atoms with Gasteiger partial charge >= 0.3 is 5.97 Å². The number of nitrogen functional groups attached to an aromatic ring is 1. The van der Waals surface area contributed by atoms with Gasteiger partial charge in [0.05, 0.1) is 5.92 Å². The first-order valence-corrected chi connectivity index (χ1v) is 6.48. The average molecular weight is 268 g/mol. The van der Waals surface area contributed by atoms with Crippen LogP contribution in [0.4, 0.5) is 5.82 Å². The number of aromatic nitrogens is 1. The van der Waals surface area contributed by atoms with Crippen LogP contribution >= 0.6 is 11.8 Å². The van der Waals surface area contributed by atoms with Crippen molar-refractivity contribution in [2.45, 2.75) is 19.8 Å². The van der Waals surface area contributed by atoms with Gasteiger partial charge in [-0.1, -0.05) is 24.8 Å². The Morgan fingerprint density at radius 3 is 2.61 bits per heavy atom. The molecule has 6 heteroatoms. The summed E-state index contributed by atoms with van der Waals surface area (Å²) in [6, 6.07) is 3.41. The number of rotatable bonds is 5. The fourth-order valence-corrected chi connectivity index (χ4v) is 2.40. The van der Waals surface area contributed by atoms with Crippen molar-refractivity contribution in [2.75, 3.05) is 11.5 Å². The summed E-state index contributed by atoms with van der Waals surface area (Å²) in [4.78, 5) is 26.1. The summed E-state index contributed by atoms with van der Waals surface area (Å²) in [5.41, 5.74) is 6.29. The fraction of sp³-hybridized carbons (Fsp3) is 0.417. The molecule has 0 amide bonds. The highest BCUT2D eigenvalue weighted by molar-refractivity contribution is 8.13. The summed E-state index contributed by atoms with van der Waals surface area (Å²) >= 11 is 1.03. The smallest absolute Gasteiger partial charge is 0.307 e. The highest BCUT2D eigenvalue weighted by Crippen LogP contribution is 2.27. The third-order valence-corrected chi connectivity index (χ3v) is 3.65. The molecule has 0 saturated heterocycles. The number of carboxylic acid groups (broad SMARTS) is 1. The van der Waals surface area contributed by atoms with Gasteiger partial charge in [-0.2, -0.15) is 0 Å². The molecule has 2 unspecified atom stereocenters.